The SMILES string of the molecule is CC(C)(C)OC(=O)N(N)CCC1CCCCC1. The van der Waals surface area contributed by atoms with Crippen molar-refractivity contribution in [3.8, 4) is 0 Å². The van der Waals surface area contributed by atoms with Gasteiger partial charge in [0, 0.05) is 6.54 Å². The first kappa shape index (κ1) is 14.3. The van der Waals surface area contributed by atoms with E-state index in [2.05, 4.69) is 0 Å². The predicted molar refractivity (Wildman–Crippen MR) is 68.3 cm³/mol. The van der Waals surface area contributed by atoms with Gasteiger partial charge < -0.3 is 4.74 Å². The first-order valence-electron chi connectivity index (χ1n) is 6.64. The molecule has 0 aromatic heterocycles. The van der Waals surface area contributed by atoms with Gasteiger partial charge >= 0.3 is 6.09 Å². The fourth-order valence-corrected chi connectivity index (χ4v) is 2.21. The van der Waals surface area contributed by atoms with Crippen LogP contribution in [0.1, 0.15) is 59.3 Å². The third kappa shape index (κ3) is 5.91. The molecule has 1 rings (SSSR count). The molecule has 0 spiro atoms. The summed E-state index contributed by atoms with van der Waals surface area (Å²) in [5.74, 6) is 6.43. The second kappa shape index (κ2) is 6.24. The van der Waals surface area contributed by atoms with Crippen molar-refractivity contribution in [2.75, 3.05) is 6.54 Å². The van der Waals surface area contributed by atoms with Crippen LogP contribution < -0.4 is 5.84 Å². The Morgan fingerprint density at radius 1 is 1.29 bits per heavy atom. The number of hydrogen-bond acceptors (Lipinski definition) is 3. The van der Waals surface area contributed by atoms with Gasteiger partial charge in [0.2, 0.25) is 0 Å². The van der Waals surface area contributed by atoms with Crippen LogP contribution in [-0.4, -0.2) is 23.2 Å². The zero-order valence-electron chi connectivity index (χ0n) is 11.4. The fourth-order valence-electron chi connectivity index (χ4n) is 2.21. The smallest absolute Gasteiger partial charge is 0.424 e. The van der Waals surface area contributed by atoms with E-state index < -0.39 is 11.7 Å². The third-order valence-electron chi connectivity index (χ3n) is 3.13. The maximum absolute atomic E-state index is 11.6. The van der Waals surface area contributed by atoms with Gasteiger partial charge in [0.25, 0.3) is 0 Å². The number of carbonyl (C=O) groups excluding carboxylic acids is 1. The van der Waals surface area contributed by atoms with E-state index in [1.54, 1.807) is 0 Å². The molecule has 4 heteroatoms. The van der Waals surface area contributed by atoms with E-state index in [4.69, 9.17) is 10.6 Å². The van der Waals surface area contributed by atoms with Crippen LogP contribution in [0, 0.1) is 5.92 Å². The lowest BCUT2D eigenvalue weighted by atomic mass is 9.87. The summed E-state index contributed by atoms with van der Waals surface area (Å²) in [6, 6.07) is 0. The number of nitrogens with two attached hydrogens (primary N) is 1. The zero-order chi connectivity index (χ0) is 12.9. The summed E-state index contributed by atoms with van der Waals surface area (Å²) in [7, 11) is 0. The standard InChI is InChI=1S/C13H26N2O2/c1-13(2,3)17-12(16)15(14)10-9-11-7-5-4-6-8-11/h11H,4-10,14H2,1-3H3. The molecular formula is C13H26N2O2. The van der Waals surface area contributed by atoms with Crippen LogP contribution >= 0.6 is 0 Å². The molecule has 1 saturated carbocycles. The lowest BCUT2D eigenvalue weighted by Crippen LogP contribution is -2.42. The second-order valence-electron chi connectivity index (χ2n) is 5.97. The lowest BCUT2D eigenvalue weighted by molar-refractivity contribution is 0.0235. The summed E-state index contributed by atoms with van der Waals surface area (Å²) in [6.45, 7) is 6.14. The van der Waals surface area contributed by atoms with Crippen molar-refractivity contribution in [2.45, 2.75) is 64.9 Å². The summed E-state index contributed by atoms with van der Waals surface area (Å²) in [5, 5.41) is 1.21. The quantitative estimate of drug-likeness (QED) is 0.470. The molecule has 0 saturated heterocycles. The maximum Gasteiger partial charge on any atom is 0.424 e. The number of hydrazine groups is 1. The molecule has 1 fully saturated rings. The molecule has 100 valence electrons. The Labute approximate surface area is 104 Å². The van der Waals surface area contributed by atoms with Crippen LogP contribution in [-0.2, 0) is 4.74 Å². The van der Waals surface area contributed by atoms with E-state index in [1.807, 2.05) is 20.8 Å². The molecule has 0 aromatic carbocycles. The normalized spacial score (nSPS) is 17.9. The molecule has 0 bridgehead atoms. The number of hydrogen-bond donors (Lipinski definition) is 1. The van der Waals surface area contributed by atoms with Crippen LogP contribution in [0.5, 0.6) is 0 Å². The molecule has 0 radical (unpaired) electrons. The predicted octanol–water partition coefficient (Wildman–Crippen LogP) is 3.07. The molecule has 4 nitrogen and oxygen atoms in total. The van der Waals surface area contributed by atoms with Gasteiger partial charge in [0.15, 0.2) is 0 Å². The van der Waals surface area contributed by atoms with Crippen molar-refractivity contribution in [1.82, 2.24) is 5.01 Å². The minimum atomic E-state index is -0.473. The van der Waals surface area contributed by atoms with Gasteiger partial charge in [0.1, 0.15) is 5.60 Å². The summed E-state index contributed by atoms with van der Waals surface area (Å²) in [6.07, 6.45) is 7.13. The van der Waals surface area contributed by atoms with Crippen molar-refractivity contribution >= 4 is 6.09 Å². The Morgan fingerprint density at radius 2 is 1.88 bits per heavy atom. The van der Waals surface area contributed by atoms with Crippen LogP contribution in [0.25, 0.3) is 0 Å². The zero-order valence-corrected chi connectivity index (χ0v) is 11.4. The summed E-state index contributed by atoms with van der Waals surface area (Å²) >= 11 is 0. The number of ether oxygens (including phenoxy) is 1. The van der Waals surface area contributed by atoms with Crippen LogP contribution in [0.3, 0.4) is 0 Å². The molecule has 17 heavy (non-hydrogen) atoms. The second-order valence-corrected chi connectivity index (χ2v) is 5.97. The molecule has 0 heterocycles. The summed E-state index contributed by atoms with van der Waals surface area (Å²) in [4.78, 5) is 11.6. The van der Waals surface area contributed by atoms with Crippen LogP contribution in [0.2, 0.25) is 0 Å². The third-order valence-corrected chi connectivity index (χ3v) is 3.13. The highest BCUT2D eigenvalue weighted by molar-refractivity contribution is 5.67. The molecule has 1 aliphatic rings. The maximum atomic E-state index is 11.6. The molecule has 0 aromatic rings. The van der Waals surface area contributed by atoms with E-state index in [0.717, 1.165) is 12.3 Å². The molecule has 0 aliphatic heterocycles. The molecule has 1 amide bonds. The first-order valence-corrected chi connectivity index (χ1v) is 6.64. The Morgan fingerprint density at radius 3 is 2.41 bits per heavy atom. The number of carbonyl (C=O) groups is 1. The average Bonchev–Trinajstić information content (AvgIpc) is 2.25. The minimum Gasteiger partial charge on any atom is -0.443 e. The number of amides is 1. The van der Waals surface area contributed by atoms with Gasteiger partial charge in [-0.25, -0.2) is 15.6 Å². The van der Waals surface area contributed by atoms with E-state index in [-0.39, 0.29) is 0 Å². The van der Waals surface area contributed by atoms with Crippen LogP contribution in [0.4, 0.5) is 4.79 Å². The minimum absolute atomic E-state index is 0.423. The largest absolute Gasteiger partial charge is 0.443 e. The van der Waals surface area contributed by atoms with E-state index in [9.17, 15) is 4.79 Å². The van der Waals surface area contributed by atoms with Gasteiger partial charge in [-0.2, -0.15) is 0 Å². The van der Waals surface area contributed by atoms with Gasteiger partial charge in [-0.3, -0.25) is 0 Å². The highest BCUT2D eigenvalue weighted by Gasteiger charge is 2.21. The fraction of sp³-hybridized carbons (Fsp3) is 0.923. The Balaban J connectivity index is 2.23. The molecular weight excluding hydrogens is 216 g/mol. The van der Waals surface area contributed by atoms with Crippen molar-refractivity contribution in [3.63, 3.8) is 0 Å². The average molecular weight is 242 g/mol. The Bertz CT molecular complexity index is 242. The summed E-state index contributed by atoms with van der Waals surface area (Å²) < 4.78 is 5.20. The van der Waals surface area contributed by atoms with E-state index in [1.165, 1.54) is 37.1 Å². The first-order chi connectivity index (χ1) is 7.88. The van der Waals surface area contributed by atoms with Gasteiger partial charge in [-0.1, -0.05) is 32.1 Å². The van der Waals surface area contributed by atoms with Crippen LogP contribution in [0.15, 0.2) is 0 Å². The number of rotatable bonds is 3. The molecule has 0 unspecified atom stereocenters. The van der Waals surface area contributed by atoms with Crippen molar-refractivity contribution in [1.29, 1.82) is 0 Å². The Kier molecular flexibility index (Phi) is 5.25. The highest BCUT2D eigenvalue weighted by atomic mass is 16.6. The van der Waals surface area contributed by atoms with Crippen molar-refractivity contribution in [3.05, 3.63) is 0 Å². The monoisotopic (exact) mass is 242 g/mol. The van der Waals surface area contributed by atoms with Crippen molar-refractivity contribution in [2.24, 2.45) is 11.8 Å². The number of nitrogens with zero attached hydrogens (tertiary/aromatic N) is 1. The van der Waals surface area contributed by atoms with Gasteiger partial charge in [0.05, 0.1) is 0 Å². The molecule has 1 aliphatic carbocycles. The van der Waals surface area contributed by atoms with Crippen molar-refractivity contribution < 1.29 is 9.53 Å². The van der Waals surface area contributed by atoms with Gasteiger partial charge in [-0.05, 0) is 33.1 Å². The summed E-state index contributed by atoms with van der Waals surface area (Å²) in [5.41, 5.74) is -0.473. The topological polar surface area (TPSA) is 55.6 Å². The highest BCUT2D eigenvalue weighted by Crippen LogP contribution is 2.26. The lowest BCUT2D eigenvalue weighted by Gasteiger charge is -2.26. The molecule has 2 N–H and O–H groups in total. The Hall–Kier alpha value is -0.770. The molecule has 0 atom stereocenters. The van der Waals surface area contributed by atoms with E-state index >= 15 is 0 Å². The van der Waals surface area contributed by atoms with Gasteiger partial charge in [-0.15, -0.1) is 0 Å². The van der Waals surface area contributed by atoms with E-state index in [0.29, 0.717) is 6.54 Å².